The van der Waals surface area contributed by atoms with Gasteiger partial charge in [0, 0.05) is 5.69 Å². The van der Waals surface area contributed by atoms with Crippen LogP contribution in [0.5, 0.6) is 0 Å². The predicted octanol–water partition coefficient (Wildman–Crippen LogP) is -1.78. The largest absolute Gasteiger partial charge is 2.00 e. The van der Waals surface area contributed by atoms with Crippen LogP contribution in [0.1, 0.15) is 0 Å². The first-order valence-electron chi connectivity index (χ1n) is 1.50. The zero-order chi connectivity index (χ0) is 9.00. The van der Waals surface area contributed by atoms with E-state index in [0.717, 1.165) is 0 Å². The van der Waals surface area contributed by atoms with Gasteiger partial charge in [-0.2, -0.15) is 11.8 Å². The third-order valence-electron chi connectivity index (χ3n) is 0. The first-order chi connectivity index (χ1) is 4.00. The van der Waals surface area contributed by atoms with Crippen molar-refractivity contribution in [2.75, 3.05) is 0 Å². The average Bonchev–Trinajstić information content (AvgIpc) is 1.12. The van der Waals surface area contributed by atoms with Gasteiger partial charge in [0.2, 0.25) is 0 Å². The van der Waals surface area contributed by atoms with Gasteiger partial charge in [0.1, 0.15) is 0 Å². The molecule has 0 spiro atoms. The van der Waals surface area contributed by atoms with E-state index in [1.165, 1.54) is 0 Å². The number of rotatable bonds is 0. The molecular formula is H2O4P2S4Zn2. The van der Waals surface area contributed by atoms with E-state index in [2.05, 4.69) is 48.1 Å². The van der Waals surface area contributed by atoms with Gasteiger partial charge in [0.25, 0.3) is 0 Å². The quantitative estimate of drug-likeness (QED) is 0.287. The predicted molar refractivity (Wildman–Crippen MR) is 47.7 cm³/mol. The first kappa shape index (κ1) is 24.4. The second-order valence-electron chi connectivity index (χ2n) is 0.938. The summed E-state index contributed by atoms with van der Waals surface area (Å²) >= 11 is 15.0. The van der Waals surface area contributed by atoms with E-state index >= 15 is 0 Å². The van der Waals surface area contributed by atoms with Gasteiger partial charge in [0.05, 0.1) is 0 Å². The number of hydrogen-bond donors (Lipinski definition) is 2. The SMILES string of the molecule is OP(O)(=S)[S-].[O-]P([O-])(=S)[S-].[Zn+2].[Zn+2]. The van der Waals surface area contributed by atoms with Gasteiger partial charge in [-0.1, -0.05) is 11.8 Å². The summed E-state index contributed by atoms with van der Waals surface area (Å²) < 4.78 is 0. The third-order valence-corrected chi connectivity index (χ3v) is 0. The molecule has 2 N–H and O–H groups in total. The van der Waals surface area contributed by atoms with Crippen molar-refractivity contribution in [2.45, 2.75) is 0 Å². The van der Waals surface area contributed by atoms with E-state index < -0.39 is 11.4 Å². The molecular weight excluding hydrogens is 385 g/mol. The zero-order valence-corrected chi connectivity index (χ0v) is 16.6. The molecule has 0 heterocycles. The van der Waals surface area contributed by atoms with Crippen molar-refractivity contribution in [1.82, 2.24) is 0 Å². The molecule has 0 aliphatic heterocycles. The van der Waals surface area contributed by atoms with Crippen molar-refractivity contribution < 1.29 is 58.5 Å². The molecule has 0 atom stereocenters. The maximum absolute atomic E-state index is 9.29. The second-order valence-corrected chi connectivity index (χ2v) is 10.1. The van der Waals surface area contributed by atoms with Crippen molar-refractivity contribution in [3.8, 4) is 0 Å². The Morgan fingerprint density at radius 2 is 1.00 bits per heavy atom. The van der Waals surface area contributed by atoms with Crippen LogP contribution in [0.4, 0.5) is 0 Å². The van der Waals surface area contributed by atoms with E-state index in [1.807, 2.05) is 0 Å². The van der Waals surface area contributed by atoms with E-state index in [1.54, 1.807) is 0 Å². The molecule has 0 aromatic carbocycles. The first-order valence-corrected chi connectivity index (χ1v) is 8.87. The van der Waals surface area contributed by atoms with Crippen LogP contribution in [0, 0.1) is 0 Å². The monoisotopic (exact) mass is 384 g/mol. The van der Waals surface area contributed by atoms with Gasteiger partial charge in [-0.25, -0.2) is 0 Å². The van der Waals surface area contributed by atoms with Gasteiger partial charge >= 0.3 is 39.0 Å². The fraction of sp³-hybridized carbons (Fsp3) is 0. The molecule has 12 heavy (non-hydrogen) atoms. The minimum Gasteiger partial charge on any atom is -0.850 e. The molecule has 0 aromatic heterocycles. The van der Waals surface area contributed by atoms with Gasteiger partial charge in [-0.15, -0.1) is 0 Å². The molecule has 0 aromatic rings. The van der Waals surface area contributed by atoms with Crippen LogP contribution in [0.15, 0.2) is 0 Å². The summed E-state index contributed by atoms with van der Waals surface area (Å²) in [4.78, 5) is 34.2. The minimum absolute atomic E-state index is 0. The minimum atomic E-state index is -3.72. The van der Waals surface area contributed by atoms with Gasteiger partial charge in [0.15, 0.2) is 0 Å². The molecule has 12 heteroatoms. The van der Waals surface area contributed by atoms with Crippen LogP contribution in [0.2, 0.25) is 0 Å². The Morgan fingerprint density at radius 1 is 1.00 bits per heavy atom. The van der Waals surface area contributed by atoms with Crippen LogP contribution in [-0.4, -0.2) is 9.79 Å². The summed E-state index contributed by atoms with van der Waals surface area (Å²) in [6, 6.07) is 0. The van der Waals surface area contributed by atoms with Crippen LogP contribution >= 0.6 is 11.4 Å². The zero-order valence-electron chi connectivity index (χ0n) is 5.65. The Labute approximate surface area is 117 Å². The molecule has 0 aliphatic carbocycles. The molecule has 0 unspecified atom stereocenters. The Hall–Kier alpha value is 3.09. The van der Waals surface area contributed by atoms with Crippen molar-refractivity contribution in [1.29, 1.82) is 0 Å². The molecule has 0 amide bonds. The Morgan fingerprint density at radius 3 is 1.00 bits per heavy atom. The molecule has 0 saturated carbocycles. The molecule has 0 rings (SSSR count). The molecule has 0 aliphatic rings. The maximum atomic E-state index is 9.29. The molecule has 64 valence electrons. The molecule has 0 fully saturated rings. The Bertz CT molecular complexity index is 135. The van der Waals surface area contributed by atoms with Crippen molar-refractivity contribution >= 4 is 59.5 Å². The summed E-state index contributed by atoms with van der Waals surface area (Å²) in [5.74, 6) is 0. The van der Waals surface area contributed by atoms with Gasteiger partial charge in [-0.05, 0) is 0 Å². The summed E-state index contributed by atoms with van der Waals surface area (Å²) in [7, 11) is 0. The molecule has 4 nitrogen and oxygen atoms in total. The topological polar surface area (TPSA) is 86.6 Å². The van der Waals surface area contributed by atoms with E-state index in [9.17, 15) is 9.79 Å². The molecule has 0 bridgehead atoms. The maximum Gasteiger partial charge on any atom is 2.00 e. The van der Waals surface area contributed by atoms with E-state index in [-0.39, 0.29) is 39.0 Å². The molecule has 0 saturated heterocycles. The van der Waals surface area contributed by atoms with Crippen LogP contribution in [0.25, 0.3) is 0 Å². The van der Waals surface area contributed by atoms with Gasteiger partial charge in [-0.3, -0.25) is 0 Å². The van der Waals surface area contributed by atoms with E-state index in [4.69, 9.17) is 9.79 Å². The fourth-order valence-electron chi connectivity index (χ4n) is 0. The van der Waals surface area contributed by atoms with E-state index in [0.29, 0.717) is 0 Å². The van der Waals surface area contributed by atoms with Crippen molar-refractivity contribution in [3.05, 3.63) is 0 Å². The Balaban J connectivity index is -0.0000000457. The van der Waals surface area contributed by atoms with Crippen LogP contribution in [0.3, 0.4) is 0 Å². The van der Waals surface area contributed by atoms with Crippen LogP contribution in [-0.2, 0) is 87.1 Å². The summed E-state index contributed by atoms with van der Waals surface area (Å²) in [6.45, 7) is 0. The number of hydrogen-bond acceptors (Lipinski definition) is 6. The second kappa shape index (κ2) is 10.6. The third kappa shape index (κ3) is 201. The summed E-state index contributed by atoms with van der Waals surface area (Å²) in [6.07, 6.45) is 0. The van der Waals surface area contributed by atoms with Crippen molar-refractivity contribution in [3.63, 3.8) is 0 Å². The Kier molecular flexibility index (Phi) is 21.5. The van der Waals surface area contributed by atoms with Crippen LogP contribution < -0.4 is 9.79 Å². The summed E-state index contributed by atoms with van der Waals surface area (Å²) in [5, 5.41) is 0. The fourth-order valence-corrected chi connectivity index (χ4v) is 0. The standard InChI is InChI=1S/2H3O2PS2.2Zn/c2*1-3(2,4)5;;/h2*(H3,1,2,4,5);;/q;;2*+2/p-4. The molecule has 0 radical (unpaired) electrons. The van der Waals surface area contributed by atoms with Crippen molar-refractivity contribution in [2.24, 2.45) is 0 Å². The normalized spacial score (nSPS) is 9.83. The van der Waals surface area contributed by atoms with Gasteiger partial charge < -0.3 is 49.8 Å². The summed E-state index contributed by atoms with van der Waals surface area (Å²) in [5.41, 5.74) is -6.94. The average molecular weight is 387 g/mol. The smallest absolute Gasteiger partial charge is 0.850 e.